The van der Waals surface area contributed by atoms with Crippen LogP contribution in [0.5, 0.6) is 0 Å². The van der Waals surface area contributed by atoms with Crippen LogP contribution in [0.1, 0.15) is 43.7 Å². The smallest absolute Gasteiger partial charge is 0.0798 e. The van der Waals surface area contributed by atoms with Gasteiger partial charge in [0.15, 0.2) is 0 Å². The molecule has 2 nitrogen and oxygen atoms in total. The van der Waals surface area contributed by atoms with E-state index in [0.29, 0.717) is 6.04 Å². The van der Waals surface area contributed by atoms with Gasteiger partial charge in [0.1, 0.15) is 0 Å². The zero-order valence-corrected chi connectivity index (χ0v) is 11.3. The minimum atomic E-state index is 0.709. The molecule has 3 heteroatoms. The van der Waals surface area contributed by atoms with E-state index in [0.717, 1.165) is 18.4 Å². The molecule has 0 amide bonds. The highest BCUT2D eigenvalue weighted by molar-refractivity contribution is 7.09. The number of hydrogen-bond donors (Lipinski definition) is 1. The van der Waals surface area contributed by atoms with Gasteiger partial charge in [-0.3, -0.25) is 0 Å². The van der Waals surface area contributed by atoms with E-state index in [-0.39, 0.29) is 0 Å². The van der Waals surface area contributed by atoms with E-state index >= 15 is 0 Å². The summed E-state index contributed by atoms with van der Waals surface area (Å²) >= 11 is 1.77. The third-order valence-electron chi connectivity index (χ3n) is 3.57. The van der Waals surface area contributed by atoms with E-state index in [1.165, 1.54) is 29.8 Å². The van der Waals surface area contributed by atoms with Crippen molar-refractivity contribution in [1.29, 1.82) is 0 Å². The normalized spacial score (nSPS) is 30.6. The highest BCUT2D eigenvalue weighted by atomic mass is 32.1. The number of thiazole rings is 1. The average Bonchev–Trinajstić information content (AvgIpc) is 2.59. The van der Waals surface area contributed by atoms with E-state index in [9.17, 15) is 0 Å². The van der Waals surface area contributed by atoms with Crippen molar-refractivity contribution in [1.82, 2.24) is 10.3 Å². The summed E-state index contributed by atoms with van der Waals surface area (Å²) in [7, 11) is 0. The van der Waals surface area contributed by atoms with E-state index in [2.05, 4.69) is 31.1 Å². The second kappa shape index (κ2) is 5.28. The van der Waals surface area contributed by atoms with E-state index < -0.39 is 0 Å². The number of nitrogens with zero attached hydrogens (tertiary/aromatic N) is 1. The fraction of sp³-hybridized carbons (Fsp3) is 0.769. The van der Waals surface area contributed by atoms with Crippen LogP contribution in [0.3, 0.4) is 0 Å². The lowest BCUT2D eigenvalue weighted by Gasteiger charge is -2.32. The monoisotopic (exact) mass is 238 g/mol. The van der Waals surface area contributed by atoms with Crippen molar-refractivity contribution in [2.45, 2.75) is 52.6 Å². The Balaban J connectivity index is 1.84. The highest BCUT2D eigenvalue weighted by Gasteiger charge is 2.23. The number of nitrogens with one attached hydrogen (secondary N) is 1. The van der Waals surface area contributed by atoms with Gasteiger partial charge < -0.3 is 5.32 Å². The van der Waals surface area contributed by atoms with Gasteiger partial charge in [0.05, 0.1) is 11.2 Å². The Morgan fingerprint density at radius 2 is 2.00 bits per heavy atom. The van der Waals surface area contributed by atoms with Crippen molar-refractivity contribution >= 4 is 11.3 Å². The standard InChI is InChI=1S/C13H22N2S/c1-9-4-10(2)6-12(5-9)14-7-13-11(3)15-8-16-13/h8-10,12,14H,4-7H2,1-3H3. The molecule has 2 atom stereocenters. The lowest BCUT2D eigenvalue weighted by Crippen LogP contribution is -2.35. The molecule has 2 unspecified atom stereocenters. The van der Waals surface area contributed by atoms with Crippen LogP contribution in [0, 0.1) is 18.8 Å². The molecule has 1 heterocycles. The highest BCUT2D eigenvalue weighted by Crippen LogP contribution is 2.28. The SMILES string of the molecule is Cc1ncsc1CNC1CC(C)CC(C)C1. The minimum absolute atomic E-state index is 0.709. The largest absolute Gasteiger partial charge is 0.309 e. The molecule has 0 aliphatic heterocycles. The minimum Gasteiger partial charge on any atom is -0.309 e. The summed E-state index contributed by atoms with van der Waals surface area (Å²) in [5.74, 6) is 1.76. The maximum Gasteiger partial charge on any atom is 0.0798 e. The molecule has 1 N–H and O–H groups in total. The van der Waals surface area contributed by atoms with Crippen LogP contribution in [0.2, 0.25) is 0 Å². The van der Waals surface area contributed by atoms with Crippen LogP contribution >= 0.6 is 11.3 Å². The van der Waals surface area contributed by atoms with Crippen molar-refractivity contribution in [3.8, 4) is 0 Å². The average molecular weight is 238 g/mol. The van der Waals surface area contributed by atoms with Gasteiger partial charge in [-0.25, -0.2) is 4.98 Å². The molecule has 1 aromatic heterocycles. The van der Waals surface area contributed by atoms with Crippen molar-refractivity contribution in [3.63, 3.8) is 0 Å². The first-order chi connectivity index (χ1) is 7.65. The van der Waals surface area contributed by atoms with Crippen LogP contribution in [0.25, 0.3) is 0 Å². The summed E-state index contributed by atoms with van der Waals surface area (Å²) in [4.78, 5) is 5.68. The van der Waals surface area contributed by atoms with Gasteiger partial charge in [0, 0.05) is 17.5 Å². The van der Waals surface area contributed by atoms with Gasteiger partial charge in [-0.15, -0.1) is 11.3 Å². The Bertz CT molecular complexity index is 324. The molecule has 0 saturated heterocycles. The van der Waals surface area contributed by atoms with E-state index in [1.807, 2.05) is 5.51 Å². The topological polar surface area (TPSA) is 24.9 Å². The first kappa shape index (κ1) is 12.1. The fourth-order valence-electron chi connectivity index (χ4n) is 2.85. The zero-order chi connectivity index (χ0) is 11.5. The lowest BCUT2D eigenvalue weighted by molar-refractivity contribution is 0.238. The number of aryl methyl sites for hydroxylation is 1. The third-order valence-corrected chi connectivity index (χ3v) is 4.51. The molecular formula is C13H22N2S. The first-order valence-corrected chi connectivity index (χ1v) is 7.15. The van der Waals surface area contributed by atoms with Crippen LogP contribution < -0.4 is 5.32 Å². The quantitative estimate of drug-likeness (QED) is 0.873. The van der Waals surface area contributed by atoms with Gasteiger partial charge in [0.2, 0.25) is 0 Å². The molecule has 0 spiro atoms. The summed E-state index contributed by atoms with van der Waals surface area (Å²) in [5, 5.41) is 3.70. The van der Waals surface area contributed by atoms with Crippen molar-refractivity contribution < 1.29 is 0 Å². The molecule has 0 aromatic carbocycles. The molecule has 1 aromatic rings. The molecule has 90 valence electrons. The molecule has 2 rings (SSSR count). The van der Waals surface area contributed by atoms with Crippen molar-refractivity contribution in [2.24, 2.45) is 11.8 Å². The maximum atomic E-state index is 4.29. The van der Waals surface area contributed by atoms with Gasteiger partial charge in [-0.2, -0.15) is 0 Å². The van der Waals surface area contributed by atoms with E-state index in [1.54, 1.807) is 11.3 Å². The Hall–Kier alpha value is -0.410. The van der Waals surface area contributed by atoms with E-state index in [4.69, 9.17) is 0 Å². The van der Waals surface area contributed by atoms with Gasteiger partial charge in [0.25, 0.3) is 0 Å². The summed E-state index contributed by atoms with van der Waals surface area (Å²) in [5.41, 5.74) is 3.13. The third kappa shape index (κ3) is 3.05. The maximum absolute atomic E-state index is 4.29. The number of hydrogen-bond acceptors (Lipinski definition) is 3. The first-order valence-electron chi connectivity index (χ1n) is 6.27. The lowest BCUT2D eigenvalue weighted by atomic mass is 9.80. The fourth-order valence-corrected chi connectivity index (χ4v) is 3.57. The second-order valence-electron chi connectivity index (χ2n) is 5.36. The van der Waals surface area contributed by atoms with Gasteiger partial charge in [-0.05, 0) is 38.0 Å². The molecule has 1 aliphatic rings. The Kier molecular flexibility index (Phi) is 3.98. The summed E-state index contributed by atoms with van der Waals surface area (Å²) < 4.78 is 0. The Morgan fingerprint density at radius 1 is 1.31 bits per heavy atom. The summed E-state index contributed by atoms with van der Waals surface area (Å²) in [6.45, 7) is 7.85. The van der Waals surface area contributed by atoms with Crippen molar-refractivity contribution in [2.75, 3.05) is 0 Å². The predicted octanol–water partition coefficient (Wildman–Crippen LogP) is 3.37. The molecule has 1 saturated carbocycles. The molecule has 16 heavy (non-hydrogen) atoms. The zero-order valence-electron chi connectivity index (χ0n) is 10.5. The van der Waals surface area contributed by atoms with Crippen LogP contribution in [-0.2, 0) is 6.54 Å². The number of rotatable bonds is 3. The van der Waals surface area contributed by atoms with Gasteiger partial charge >= 0.3 is 0 Å². The molecule has 0 radical (unpaired) electrons. The molecular weight excluding hydrogens is 216 g/mol. The number of aromatic nitrogens is 1. The molecule has 1 fully saturated rings. The van der Waals surface area contributed by atoms with Crippen LogP contribution in [0.4, 0.5) is 0 Å². The van der Waals surface area contributed by atoms with Crippen molar-refractivity contribution in [3.05, 3.63) is 16.1 Å². The summed E-state index contributed by atoms with van der Waals surface area (Å²) in [6, 6.07) is 0.709. The van der Waals surface area contributed by atoms with Crippen LogP contribution in [0.15, 0.2) is 5.51 Å². The predicted molar refractivity (Wildman–Crippen MR) is 69.7 cm³/mol. The van der Waals surface area contributed by atoms with Gasteiger partial charge in [-0.1, -0.05) is 13.8 Å². The Morgan fingerprint density at radius 3 is 2.56 bits per heavy atom. The summed E-state index contributed by atoms with van der Waals surface area (Å²) in [6.07, 6.45) is 4.07. The molecule has 1 aliphatic carbocycles. The van der Waals surface area contributed by atoms with Crippen LogP contribution in [-0.4, -0.2) is 11.0 Å². The molecule has 0 bridgehead atoms. The second-order valence-corrected chi connectivity index (χ2v) is 6.30. The Labute approximate surface area is 102 Å².